The number of rotatable bonds is 6. The van der Waals surface area contributed by atoms with Gasteiger partial charge in [-0.1, -0.05) is 6.07 Å². The second-order valence-corrected chi connectivity index (χ2v) is 6.61. The highest BCUT2D eigenvalue weighted by Crippen LogP contribution is 2.31. The van der Waals surface area contributed by atoms with Crippen LogP contribution in [0.3, 0.4) is 0 Å². The van der Waals surface area contributed by atoms with Crippen molar-refractivity contribution in [3.63, 3.8) is 0 Å². The Labute approximate surface area is 155 Å². The normalized spacial score (nSPS) is 19.7. The summed E-state index contributed by atoms with van der Waals surface area (Å²) in [6.07, 6.45) is 4.20. The molecule has 1 aromatic heterocycles. The fraction of sp³-hybridized carbons (Fsp3) is 0.706. The van der Waals surface area contributed by atoms with Crippen LogP contribution in [0.25, 0.3) is 0 Å². The van der Waals surface area contributed by atoms with Gasteiger partial charge in [0.2, 0.25) is 5.92 Å². The zero-order chi connectivity index (χ0) is 15.4. The minimum absolute atomic E-state index is 0. The van der Waals surface area contributed by atoms with Crippen LogP contribution >= 0.6 is 24.8 Å². The van der Waals surface area contributed by atoms with Crippen LogP contribution in [0.1, 0.15) is 43.4 Å². The molecule has 1 saturated heterocycles. The first-order valence-corrected chi connectivity index (χ1v) is 8.44. The van der Waals surface area contributed by atoms with E-state index < -0.39 is 5.92 Å². The van der Waals surface area contributed by atoms with Gasteiger partial charge < -0.3 is 10.6 Å². The Morgan fingerprint density at radius 3 is 2.79 bits per heavy atom. The van der Waals surface area contributed by atoms with Crippen molar-refractivity contribution >= 4 is 30.6 Å². The molecule has 138 valence electrons. The summed E-state index contributed by atoms with van der Waals surface area (Å²) in [5.74, 6) is -1.45. The summed E-state index contributed by atoms with van der Waals surface area (Å²) in [6.45, 7) is 2.58. The van der Waals surface area contributed by atoms with Gasteiger partial charge >= 0.3 is 0 Å². The van der Waals surface area contributed by atoms with Gasteiger partial charge in [-0.2, -0.15) is 0 Å². The molecular formula is C17H27Cl2F2N3. The number of nitrogens with zero attached hydrogens (tertiary/aromatic N) is 1. The first-order chi connectivity index (χ1) is 10.6. The van der Waals surface area contributed by atoms with Crippen LogP contribution in [0, 0.1) is 5.92 Å². The van der Waals surface area contributed by atoms with Gasteiger partial charge in [0.15, 0.2) is 0 Å². The number of hydrogen-bond acceptors (Lipinski definition) is 3. The largest absolute Gasteiger partial charge is 0.370 e. The number of hydrogen-bond donors (Lipinski definition) is 2. The molecule has 3 nitrogen and oxygen atoms in total. The summed E-state index contributed by atoms with van der Waals surface area (Å²) in [4.78, 5) is 4.57. The monoisotopic (exact) mass is 381 g/mol. The Hall–Kier alpha value is -0.650. The van der Waals surface area contributed by atoms with Crippen molar-refractivity contribution in [2.75, 3.05) is 25.0 Å². The molecule has 2 aliphatic heterocycles. The third-order valence-electron chi connectivity index (χ3n) is 4.68. The van der Waals surface area contributed by atoms with E-state index in [1.54, 1.807) is 0 Å². The maximum atomic E-state index is 14.0. The van der Waals surface area contributed by atoms with E-state index in [2.05, 4.69) is 21.7 Å². The van der Waals surface area contributed by atoms with E-state index in [1.165, 1.54) is 5.56 Å². The third-order valence-corrected chi connectivity index (χ3v) is 4.68. The molecule has 0 aliphatic carbocycles. The molecule has 2 N–H and O–H groups in total. The summed E-state index contributed by atoms with van der Waals surface area (Å²) < 4.78 is 28.0. The zero-order valence-corrected chi connectivity index (χ0v) is 15.5. The van der Waals surface area contributed by atoms with Gasteiger partial charge in [-0.3, -0.25) is 0 Å². The van der Waals surface area contributed by atoms with E-state index in [4.69, 9.17) is 0 Å². The Kier molecular flexibility index (Phi) is 8.68. The molecule has 24 heavy (non-hydrogen) atoms. The smallest absolute Gasteiger partial charge is 0.248 e. The molecule has 7 heteroatoms. The molecule has 0 amide bonds. The van der Waals surface area contributed by atoms with Crippen molar-refractivity contribution in [3.8, 4) is 0 Å². The van der Waals surface area contributed by atoms with E-state index in [9.17, 15) is 8.78 Å². The quantitative estimate of drug-likeness (QED) is 0.773. The Morgan fingerprint density at radius 2 is 2.04 bits per heavy atom. The van der Waals surface area contributed by atoms with Crippen molar-refractivity contribution in [1.82, 2.24) is 10.3 Å². The summed E-state index contributed by atoms with van der Waals surface area (Å²) in [7, 11) is 0. The number of alkyl halides is 2. The highest BCUT2D eigenvalue weighted by molar-refractivity contribution is 5.85. The lowest BCUT2D eigenvalue weighted by molar-refractivity contribution is -0.0303. The molecular weight excluding hydrogens is 355 g/mol. The van der Waals surface area contributed by atoms with E-state index in [0.29, 0.717) is 12.8 Å². The van der Waals surface area contributed by atoms with E-state index in [1.807, 2.05) is 6.07 Å². The number of nitrogens with one attached hydrogen (secondary N) is 2. The number of fused-ring (bicyclic) bond motifs is 1. The number of halogens is 4. The molecule has 1 unspecified atom stereocenters. The van der Waals surface area contributed by atoms with Crippen LogP contribution in [-0.4, -0.2) is 30.5 Å². The molecule has 3 rings (SSSR count). The number of anilines is 1. The first-order valence-electron chi connectivity index (χ1n) is 8.44. The lowest BCUT2D eigenvalue weighted by Gasteiger charge is -2.20. The fourth-order valence-corrected chi connectivity index (χ4v) is 3.45. The SMILES string of the molecule is Cl.Cl.FC(F)(CCCc1ccc2c(n1)NCCC2)CC1CCNC1. The molecule has 0 spiro atoms. The van der Waals surface area contributed by atoms with E-state index >= 15 is 0 Å². The van der Waals surface area contributed by atoms with Gasteiger partial charge in [0.25, 0.3) is 0 Å². The zero-order valence-electron chi connectivity index (χ0n) is 13.8. The van der Waals surface area contributed by atoms with Gasteiger partial charge in [0.05, 0.1) is 0 Å². The summed E-state index contributed by atoms with van der Waals surface area (Å²) in [5.41, 5.74) is 2.17. The van der Waals surface area contributed by atoms with Crippen LogP contribution in [-0.2, 0) is 12.8 Å². The standard InChI is InChI=1S/C17H25F2N3.2ClH/c18-17(19,11-13-7-10-20-12-13)8-1-4-15-6-5-14-3-2-9-21-16(14)22-15;;/h5-6,13,20H,1-4,7-12H2,(H,21,22);2*1H. The third kappa shape index (κ3) is 6.01. The maximum absolute atomic E-state index is 14.0. The number of aromatic nitrogens is 1. The van der Waals surface area contributed by atoms with Crippen LogP contribution in [0.2, 0.25) is 0 Å². The lowest BCUT2D eigenvalue weighted by atomic mass is 9.96. The molecule has 1 aromatic rings. The molecule has 0 bridgehead atoms. The van der Waals surface area contributed by atoms with Gasteiger partial charge in [-0.15, -0.1) is 24.8 Å². The molecule has 2 aliphatic rings. The second-order valence-electron chi connectivity index (χ2n) is 6.61. The average molecular weight is 382 g/mol. The van der Waals surface area contributed by atoms with Crippen LogP contribution in [0.5, 0.6) is 0 Å². The predicted molar refractivity (Wildman–Crippen MR) is 99.0 cm³/mol. The van der Waals surface area contributed by atoms with Gasteiger partial charge in [-0.25, -0.2) is 13.8 Å². The van der Waals surface area contributed by atoms with Crippen molar-refractivity contribution in [2.45, 2.75) is 50.9 Å². The molecule has 0 aromatic carbocycles. The fourth-order valence-electron chi connectivity index (χ4n) is 3.45. The van der Waals surface area contributed by atoms with Gasteiger partial charge in [0.1, 0.15) is 5.82 Å². The molecule has 0 saturated carbocycles. The number of aryl methyl sites for hydroxylation is 2. The summed E-state index contributed by atoms with van der Waals surface area (Å²) >= 11 is 0. The summed E-state index contributed by atoms with van der Waals surface area (Å²) in [5, 5.41) is 6.45. The van der Waals surface area contributed by atoms with Gasteiger partial charge in [0, 0.05) is 25.1 Å². The average Bonchev–Trinajstić information content (AvgIpc) is 2.99. The van der Waals surface area contributed by atoms with Crippen LogP contribution < -0.4 is 10.6 Å². The molecule has 0 radical (unpaired) electrons. The summed E-state index contributed by atoms with van der Waals surface area (Å²) in [6, 6.07) is 4.08. The Balaban J connectivity index is 0.00000144. The van der Waals surface area contributed by atoms with E-state index in [-0.39, 0.29) is 43.6 Å². The van der Waals surface area contributed by atoms with Crippen molar-refractivity contribution in [1.29, 1.82) is 0 Å². The lowest BCUT2D eigenvalue weighted by Crippen LogP contribution is -2.22. The van der Waals surface area contributed by atoms with E-state index in [0.717, 1.165) is 50.4 Å². The maximum Gasteiger partial charge on any atom is 0.248 e. The second kappa shape index (κ2) is 9.73. The van der Waals surface area contributed by atoms with Crippen LogP contribution in [0.4, 0.5) is 14.6 Å². The van der Waals surface area contributed by atoms with Crippen LogP contribution in [0.15, 0.2) is 12.1 Å². The Bertz CT molecular complexity index is 509. The molecule has 1 atom stereocenters. The molecule has 1 fully saturated rings. The first kappa shape index (κ1) is 21.4. The molecule has 3 heterocycles. The minimum atomic E-state index is -2.54. The minimum Gasteiger partial charge on any atom is -0.370 e. The number of pyridine rings is 1. The topological polar surface area (TPSA) is 37.0 Å². The van der Waals surface area contributed by atoms with Crippen molar-refractivity contribution < 1.29 is 8.78 Å². The highest BCUT2D eigenvalue weighted by atomic mass is 35.5. The van der Waals surface area contributed by atoms with Crippen molar-refractivity contribution in [3.05, 3.63) is 23.4 Å². The predicted octanol–water partition coefficient (Wildman–Crippen LogP) is 4.24. The van der Waals surface area contributed by atoms with Gasteiger partial charge in [-0.05, 0) is 62.7 Å². The Morgan fingerprint density at radius 1 is 1.21 bits per heavy atom. The van der Waals surface area contributed by atoms with Crippen molar-refractivity contribution in [2.24, 2.45) is 5.92 Å². The highest BCUT2D eigenvalue weighted by Gasteiger charge is 2.33.